The standard InChI is InChI=1S/C48H49ClN10O8.C2HF3O2/c1-2-48(65)36-23-40-43-29(25-59(40)45(62)35(36)27-66-46(48)63)21-33-34(41(60)11-9-38(33)52-43)26-55-13-15-57(16-14-55)47(64)58-19-17-56(18-20-58)42-12-10-39(53-54-42)44(61)51-30-4-7-31(8-5-30)67-32-6-3-28(24-50)37(49)22-32;3-2(4,5)1(6)7/h3,6,9-12,21-23,30-31,60,65H,2,4-5,7-8,13-20,25-27H2,1H3,(H,51,61);(H,6,7)/t30?,31?,48-;/m0./s1. The third-order valence-electron chi connectivity index (χ3n) is 14.2. The number of aliphatic hydroxyl groups is 1. The number of nitrogens with zero attached hydrogens (tertiary/aromatic N) is 9. The first kappa shape index (κ1) is 51.4. The van der Waals surface area contributed by atoms with Crippen molar-refractivity contribution in [1.29, 1.82) is 5.26 Å². The zero-order valence-corrected chi connectivity index (χ0v) is 40.7. The summed E-state index contributed by atoms with van der Waals surface area (Å²) in [6.45, 7) is 6.58. The highest BCUT2D eigenvalue weighted by Crippen LogP contribution is 2.40. The van der Waals surface area contributed by atoms with Gasteiger partial charge in [0.2, 0.25) is 0 Å². The summed E-state index contributed by atoms with van der Waals surface area (Å²) < 4.78 is 44.6. The summed E-state index contributed by atoms with van der Waals surface area (Å²) in [7, 11) is 0. The van der Waals surface area contributed by atoms with Crippen molar-refractivity contribution in [3.05, 3.63) is 103 Å². The van der Waals surface area contributed by atoms with Gasteiger partial charge in [-0.2, -0.15) is 18.4 Å². The molecule has 7 heterocycles. The lowest BCUT2D eigenvalue weighted by atomic mass is 9.86. The van der Waals surface area contributed by atoms with E-state index < -0.39 is 23.7 Å². The fourth-order valence-corrected chi connectivity index (χ4v) is 10.2. The Bertz CT molecular complexity index is 3130. The average molecular weight is 1040 g/mol. The summed E-state index contributed by atoms with van der Waals surface area (Å²) in [5.74, 6) is -2.41. The predicted octanol–water partition coefficient (Wildman–Crippen LogP) is 4.91. The van der Waals surface area contributed by atoms with Crippen LogP contribution in [0.5, 0.6) is 11.5 Å². The predicted molar refractivity (Wildman–Crippen MR) is 258 cm³/mol. The van der Waals surface area contributed by atoms with E-state index in [1.165, 1.54) is 0 Å². The number of carbonyl (C=O) groups excluding carboxylic acids is 3. The molecule has 4 aliphatic heterocycles. The summed E-state index contributed by atoms with van der Waals surface area (Å²) in [5.41, 5.74) is 2.17. The Kier molecular flexibility index (Phi) is 14.4. The van der Waals surface area contributed by atoms with Crippen LogP contribution in [0.1, 0.15) is 77.3 Å². The molecular formula is C50H50ClF3N10O10. The lowest BCUT2D eigenvalue weighted by Crippen LogP contribution is -2.56. The van der Waals surface area contributed by atoms with Gasteiger partial charge >= 0.3 is 24.1 Å². The minimum Gasteiger partial charge on any atom is -0.508 e. The summed E-state index contributed by atoms with van der Waals surface area (Å²) in [4.78, 5) is 74.9. The van der Waals surface area contributed by atoms with E-state index in [1.807, 2.05) is 21.9 Å². The van der Waals surface area contributed by atoms with Crippen LogP contribution < -0.4 is 20.5 Å². The first-order valence-electron chi connectivity index (χ1n) is 24.0. The normalized spacial score (nSPS) is 20.6. The van der Waals surface area contributed by atoms with Gasteiger partial charge < -0.3 is 49.4 Å². The van der Waals surface area contributed by atoms with Gasteiger partial charge in [0.15, 0.2) is 17.1 Å². The molecule has 1 atom stereocenters. The first-order chi connectivity index (χ1) is 35.3. The molecule has 5 aromatic rings. The van der Waals surface area contributed by atoms with E-state index in [4.69, 9.17) is 41.2 Å². The highest BCUT2D eigenvalue weighted by molar-refractivity contribution is 6.31. The lowest BCUT2D eigenvalue weighted by Gasteiger charge is -2.40. The number of aliphatic carboxylic acids is 1. The van der Waals surface area contributed by atoms with Crippen molar-refractivity contribution < 1.29 is 57.1 Å². The Balaban J connectivity index is 0.000000898. The maximum Gasteiger partial charge on any atom is 0.490 e. The molecule has 0 unspecified atom stereocenters. The second-order valence-corrected chi connectivity index (χ2v) is 19.1. The fourth-order valence-electron chi connectivity index (χ4n) is 9.97. The number of phenolic OH excluding ortho intramolecular Hbond substituents is 1. The Labute approximate surface area is 425 Å². The van der Waals surface area contributed by atoms with E-state index in [0.29, 0.717) is 104 Å². The Morgan fingerprint density at radius 1 is 0.946 bits per heavy atom. The Morgan fingerprint density at radius 3 is 2.26 bits per heavy atom. The first-order valence-corrected chi connectivity index (χ1v) is 24.4. The second-order valence-electron chi connectivity index (χ2n) is 18.6. The van der Waals surface area contributed by atoms with E-state index in [2.05, 4.69) is 25.3 Å². The molecule has 1 aliphatic carbocycles. The molecular weight excluding hydrogens is 993 g/mol. The number of pyridine rings is 2. The van der Waals surface area contributed by atoms with E-state index in [-0.39, 0.29) is 71.8 Å². The molecule has 4 N–H and O–H groups in total. The largest absolute Gasteiger partial charge is 0.508 e. The number of aromatic nitrogens is 4. The minimum absolute atomic E-state index is 0.00836. The fraction of sp³-hybridized carbons (Fsp3) is 0.420. The van der Waals surface area contributed by atoms with Gasteiger partial charge in [-0.25, -0.2) is 19.4 Å². The van der Waals surface area contributed by atoms with Crippen LogP contribution >= 0.6 is 11.6 Å². The number of rotatable bonds is 8. The molecule has 388 valence electrons. The zero-order valence-electron chi connectivity index (χ0n) is 39.9. The number of carboxylic acids is 1. The van der Waals surface area contributed by atoms with Gasteiger partial charge in [-0.05, 0) is 80.6 Å². The molecule has 74 heavy (non-hydrogen) atoms. The summed E-state index contributed by atoms with van der Waals surface area (Å²) in [5, 5.41) is 51.4. The number of benzene rings is 2. The average Bonchev–Trinajstić information content (AvgIpc) is 3.76. The van der Waals surface area contributed by atoms with Gasteiger partial charge in [0.05, 0.1) is 45.7 Å². The van der Waals surface area contributed by atoms with Gasteiger partial charge in [0, 0.05) is 93.1 Å². The highest BCUT2D eigenvalue weighted by atomic mass is 35.5. The topological polar surface area (TPSA) is 257 Å². The van der Waals surface area contributed by atoms with Crippen LogP contribution in [0.3, 0.4) is 0 Å². The second kappa shape index (κ2) is 20.8. The van der Waals surface area contributed by atoms with Crippen LogP contribution in [-0.4, -0.2) is 144 Å². The van der Waals surface area contributed by atoms with E-state index in [0.717, 1.165) is 36.6 Å². The molecule has 3 amide bonds. The summed E-state index contributed by atoms with van der Waals surface area (Å²) >= 11 is 6.15. The molecule has 2 saturated heterocycles. The molecule has 5 aliphatic rings. The minimum atomic E-state index is -5.08. The van der Waals surface area contributed by atoms with Crippen molar-refractivity contribution in [3.63, 3.8) is 0 Å². The number of cyclic esters (lactones) is 1. The molecule has 1 saturated carbocycles. The maximum absolute atomic E-state index is 13.7. The number of nitrogens with one attached hydrogen (secondary N) is 1. The number of carbonyl (C=O) groups is 4. The van der Waals surface area contributed by atoms with Crippen LogP contribution in [0.4, 0.5) is 23.8 Å². The number of halogens is 4. The Morgan fingerprint density at radius 2 is 1.64 bits per heavy atom. The number of piperazine rings is 2. The van der Waals surface area contributed by atoms with Crippen molar-refractivity contribution in [2.24, 2.45) is 0 Å². The highest BCUT2D eigenvalue weighted by Gasteiger charge is 2.45. The number of urea groups is 1. The number of aromatic hydroxyl groups is 1. The molecule has 0 bridgehead atoms. The van der Waals surface area contributed by atoms with Crippen molar-refractivity contribution in [2.75, 3.05) is 57.3 Å². The molecule has 3 aromatic heterocycles. The third-order valence-corrected chi connectivity index (χ3v) is 14.5. The van der Waals surface area contributed by atoms with Gasteiger partial charge in [-0.1, -0.05) is 18.5 Å². The third kappa shape index (κ3) is 10.3. The quantitative estimate of drug-likeness (QED) is 0.148. The van der Waals surface area contributed by atoms with Crippen molar-refractivity contribution in [3.8, 4) is 29.0 Å². The number of nitriles is 1. The molecule has 24 heteroatoms. The number of ether oxygens (including phenoxy) is 2. The number of phenols is 1. The van der Waals surface area contributed by atoms with Crippen LogP contribution in [0.15, 0.2) is 59.4 Å². The molecule has 20 nitrogen and oxygen atoms in total. The number of alkyl halides is 3. The van der Waals surface area contributed by atoms with E-state index in [9.17, 15) is 42.6 Å². The number of amides is 3. The number of fused-ring (bicyclic) bond motifs is 5. The molecule has 0 radical (unpaired) electrons. The number of carboxylic acid groups (broad SMARTS) is 1. The van der Waals surface area contributed by atoms with E-state index in [1.54, 1.807) is 60.0 Å². The van der Waals surface area contributed by atoms with Gasteiger partial charge in [-0.3, -0.25) is 14.5 Å². The van der Waals surface area contributed by atoms with Crippen molar-refractivity contribution in [2.45, 2.75) is 82.6 Å². The van der Waals surface area contributed by atoms with Crippen LogP contribution in [-0.2, 0) is 39.6 Å². The van der Waals surface area contributed by atoms with Crippen molar-refractivity contribution in [1.82, 2.24) is 39.8 Å². The van der Waals surface area contributed by atoms with Gasteiger partial charge in [0.25, 0.3) is 11.5 Å². The monoisotopic (exact) mass is 1040 g/mol. The smallest absolute Gasteiger partial charge is 0.490 e. The number of hydrogen-bond acceptors (Lipinski definition) is 15. The van der Waals surface area contributed by atoms with E-state index >= 15 is 0 Å². The van der Waals surface area contributed by atoms with Crippen molar-refractivity contribution >= 4 is 52.2 Å². The number of anilines is 1. The SMILES string of the molecule is CC[C@@]1(O)C(=O)OCc2c1cc1n(c2=O)Cc2cc3c(CN4CCN(C(=O)N5CCN(c6ccc(C(=O)NC7CCC(Oc8ccc(C#N)c(Cl)c8)CC7)nn6)CC5)CC4)c(O)ccc3nc2-1.O=C(O)C(F)(F)F. The Hall–Kier alpha value is -7.55. The number of esters is 1. The van der Waals surface area contributed by atoms with Crippen LogP contribution in [0, 0.1) is 11.3 Å². The molecule has 10 rings (SSSR count). The van der Waals surface area contributed by atoms with Crippen LogP contribution in [0.25, 0.3) is 22.3 Å². The zero-order chi connectivity index (χ0) is 52.6. The number of hydrogen-bond donors (Lipinski definition) is 4. The molecule has 2 aromatic carbocycles. The van der Waals surface area contributed by atoms with Crippen LogP contribution in [0.2, 0.25) is 5.02 Å². The maximum atomic E-state index is 13.7. The molecule has 3 fully saturated rings. The lowest BCUT2D eigenvalue weighted by molar-refractivity contribution is -0.192. The molecule has 0 spiro atoms. The van der Waals surface area contributed by atoms with Gasteiger partial charge in [-0.15, -0.1) is 10.2 Å². The van der Waals surface area contributed by atoms with Gasteiger partial charge in [0.1, 0.15) is 24.2 Å². The summed E-state index contributed by atoms with van der Waals surface area (Å²) in [6.07, 6.45) is -2.01. The summed E-state index contributed by atoms with van der Waals surface area (Å²) in [6, 6.07) is 17.6.